The third kappa shape index (κ3) is 5.61. The van der Waals surface area contributed by atoms with Gasteiger partial charge in [0.05, 0.1) is 11.9 Å². The molecule has 112 valence electrons. The SMILES string of the molecule is CC(C)NC(=O)CCCN(c1ccccc1)S(C)(=O)=O. The Hall–Kier alpha value is -1.56. The highest BCUT2D eigenvalue weighted by atomic mass is 32.2. The summed E-state index contributed by atoms with van der Waals surface area (Å²) in [7, 11) is -3.34. The van der Waals surface area contributed by atoms with E-state index < -0.39 is 10.0 Å². The summed E-state index contributed by atoms with van der Waals surface area (Å²) < 4.78 is 25.0. The normalized spacial score (nSPS) is 11.4. The maximum Gasteiger partial charge on any atom is 0.232 e. The minimum atomic E-state index is -3.34. The predicted octanol–water partition coefficient (Wildman–Crippen LogP) is 1.76. The van der Waals surface area contributed by atoms with E-state index in [4.69, 9.17) is 0 Å². The van der Waals surface area contributed by atoms with Gasteiger partial charge in [-0.2, -0.15) is 0 Å². The fourth-order valence-corrected chi connectivity index (χ4v) is 2.82. The van der Waals surface area contributed by atoms with Crippen LogP contribution in [0.4, 0.5) is 5.69 Å². The molecule has 1 aromatic rings. The zero-order chi connectivity index (χ0) is 15.2. The summed E-state index contributed by atoms with van der Waals surface area (Å²) in [4.78, 5) is 11.5. The Balaban J connectivity index is 2.63. The van der Waals surface area contributed by atoms with Crippen molar-refractivity contribution < 1.29 is 13.2 Å². The molecule has 1 aromatic carbocycles. The third-order valence-electron chi connectivity index (χ3n) is 2.66. The smallest absolute Gasteiger partial charge is 0.232 e. The van der Waals surface area contributed by atoms with E-state index in [0.29, 0.717) is 25.1 Å². The Morgan fingerprint density at radius 3 is 2.35 bits per heavy atom. The number of hydrogen-bond acceptors (Lipinski definition) is 3. The van der Waals surface area contributed by atoms with Gasteiger partial charge in [0, 0.05) is 19.0 Å². The van der Waals surface area contributed by atoms with Crippen LogP contribution in [-0.4, -0.2) is 33.2 Å². The molecule has 1 amide bonds. The van der Waals surface area contributed by atoms with E-state index in [2.05, 4.69) is 5.32 Å². The summed E-state index contributed by atoms with van der Waals surface area (Å²) in [5, 5.41) is 2.79. The maximum absolute atomic E-state index is 11.8. The van der Waals surface area contributed by atoms with Gasteiger partial charge in [-0.3, -0.25) is 9.10 Å². The molecule has 1 N–H and O–H groups in total. The molecule has 0 aliphatic carbocycles. The van der Waals surface area contributed by atoms with Gasteiger partial charge in [-0.25, -0.2) is 8.42 Å². The van der Waals surface area contributed by atoms with Crippen LogP contribution in [0.25, 0.3) is 0 Å². The molecule has 20 heavy (non-hydrogen) atoms. The standard InChI is InChI=1S/C14H22N2O3S/c1-12(2)15-14(17)10-7-11-16(20(3,18)19)13-8-5-4-6-9-13/h4-6,8-9,12H,7,10-11H2,1-3H3,(H,15,17). The molecule has 0 aromatic heterocycles. The number of sulfonamides is 1. The number of carbonyl (C=O) groups excluding carboxylic acids is 1. The number of anilines is 1. The van der Waals surface area contributed by atoms with Gasteiger partial charge in [-0.1, -0.05) is 18.2 Å². The van der Waals surface area contributed by atoms with Gasteiger partial charge in [0.2, 0.25) is 15.9 Å². The molecule has 0 saturated heterocycles. The second kappa shape index (κ2) is 7.28. The van der Waals surface area contributed by atoms with Gasteiger partial charge in [0.1, 0.15) is 0 Å². The Kier molecular flexibility index (Phi) is 6.01. The fourth-order valence-electron chi connectivity index (χ4n) is 1.86. The van der Waals surface area contributed by atoms with Crippen molar-refractivity contribution in [3.05, 3.63) is 30.3 Å². The van der Waals surface area contributed by atoms with Gasteiger partial charge in [0.25, 0.3) is 0 Å². The lowest BCUT2D eigenvalue weighted by Gasteiger charge is -2.22. The molecule has 0 aliphatic heterocycles. The quantitative estimate of drug-likeness (QED) is 0.834. The summed E-state index contributed by atoms with van der Waals surface area (Å²) in [6, 6.07) is 9.00. The van der Waals surface area contributed by atoms with Gasteiger partial charge in [-0.15, -0.1) is 0 Å². The molecular formula is C14H22N2O3S. The van der Waals surface area contributed by atoms with Crippen LogP contribution in [0.5, 0.6) is 0 Å². The molecule has 0 saturated carbocycles. The van der Waals surface area contributed by atoms with Gasteiger partial charge >= 0.3 is 0 Å². The third-order valence-corrected chi connectivity index (χ3v) is 3.85. The highest BCUT2D eigenvalue weighted by Crippen LogP contribution is 2.17. The topological polar surface area (TPSA) is 66.5 Å². The van der Waals surface area contributed by atoms with Crippen molar-refractivity contribution >= 4 is 21.6 Å². The Labute approximate surface area is 121 Å². The predicted molar refractivity (Wildman–Crippen MR) is 81.1 cm³/mol. The molecular weight excluding hydrogens is 276 g/mol. The number of nitrogens with zero attached hydrogens (tertiary/aromatic N) is 1. The van der Waals surface area contributed by atoms with E-state index in [-0.39, 0.29) is 11.9 Å². The van der Waals surface area contributed by atoms with E-state index in [1.807, 2.05) is 19.9 Å². The summed E-state index contributed by atoms with van der Waals surface area (Å²) >= 11 is 0. The zero-order valence-electron chi connectivity index (χ0n) is 12.2. The summed E-state index contributed by atoms with van der Waals surface area (Å²) in [6.45, 7) is 4.09. The molecule has 0 aliphatic rings. The first-order valence-electron chi connectivity index (χ1n) is 6.63. The molecule has 5 nitrogen and oxygen atoms in total. The molecule has 0 heterocycles. The number of hydrogen-bond donors (Lipinski definition) is 1. The second-order valence-corrected chi connectivity index (χ2v) is 6.90. The van der Waals surface area contributed by atoms with Crippen molar-refractivity contribution in [1.29, 1.82) is 0 Å². The Bertz CT molecular complexity index is 527. The summed E-state index contributed by atoms with van der Waals surface area (Å²) in [5.41, 5.74) is 0.624. The monoisotopic (exact) mass is 298 g/mol. The largest absolute Gasteiger partial charge is 0.354 e. The van der Waals surface area contributed by atoms with E-state index in [1.165, 1.54) is 10.6 Å². The van der Waals surface area contributed by atoms with Crippen molar-refractivity contribution in [2.24, 2.45) is 0 Å². The molecule has 0 atom stereocenters. The summed E-state index contributed by atoms with van der Waals surface area (Å²) in [6.07, 6.45) is 1.98. The molecule has 0 fully saturated rings. The molecule has 0 spiro atoms. The number of rotatable bonds is 7. The van der Waals surface area contributed by atoms with Crippen LogP contribution in [0.1, 0.15) is 26.7 Å². The van der Waals surface area contributed by atoms with Gasteiger partial charge < -0.3 is 5.32 Å². The number of para-hydroxylation sites is 1. The van der Waals surface area contributed by atoms with Crippen molar-refractivity contribution in [3.63, 3.8) is 0 Å². The minimum absolute atomic E-state index is 0.0542. The van der Waals surface area contributed by atoms with Gasteiger partial charge in [-0.05, 0) is 32.4 Å². The Morgan fingerprint density at radius 1 is 1.25 bits per heavy atom. The fraction of sp³-hybridized carbons (Fsp3) is 0.500. The lowest BCUT2D eigenvalue weighted by Crippen LogP contribution is -2.33. The second-order valence-electron chi connectivity index (χ2n) is 5.00. The molecule has 6 heteroatoms. The average molecular weight is 298 g/mol. The van der Waals surface area contributed by atoms with E-state index in [9.17, 15) is 13.2 Å². The van der Waals surface area contributed by atoms with E-state index in [1.54, 1.807) is 24.3 Å². The van der Waals surface area contributed by atoms with Crippen LogP contribution in [0, 0.1) is 0 Å². The van der Waals surface area contributed by atoms with Crippen molar-refractivity contribution in [1.82, 2.24) is 5.32 Å². The van der Waals surface area contributed by atoms with E-state index in [0.717, 1.165) is 0 Å². The zero-order valence-corrected chi connectivity index (χ0v) is 13.0. The van der Waals surface area contributed by atoms with Crippen LogP contribution < -0.4 is 9.62 Å². The minimum Gasteiger partial charge on any atom is -0.354 e. The summed E-state index contributed by atoms with van der Waals surface area (Å²) in [5.74, 6) is -0.0542. The molecule has 1 rings (SSSR count). The lowest BCUT2D eigenvalue weighted by molar-refractivity contribution is -0.121. The number of carbonyl (C=O) groups is 1. The number of nitrogens with one attached hydrogen (secondary N) is 1. The molecule has 0 unspecified atom stereocenters. The first kappa shape index (κ1) is 16.5. The van der Waals surface area contributed by atoms with Crippen molar-refractivity contribution in [3.8, 4) is 0 Å². The lowest BCUT2D eigenvalue weighted by atomic mass is 10.2. The Morgan fingerprint density at radius 2 is 1.85 bits per heavy atom. The van der Waals surface area contributed by atoms with Crippen molar-refractivity contribution in [2.45, 2.75) is 32.7 Å². The van der Waals surface area contributed by atoms with Crippen LogP contribution in [0.2, 0.25) is 0 Å². The first-order chi connectivity index (χ1) is 9.30. The van der Waals surface area contributed by atoms with Crippen LogP contribution in [0.3, 0.4) is 0 Å². The highest BCUT2D eigenvalue weighted by molar-refractivity contribution is 7.92. The van der Waals surface area contributed by atoms with Crippen LogP contribution in [-0.2, 0) is 14.8 Å². The van der Waals surface area contributed by atoms with E-state index >= 15 is 0 Å². The van der Waals surface area contributed by atoms with Gasteiger partial charge in [0.15, 0.2) is 0 Å². The highest BCUT2D eigenvalue weighted by Gasteiger charge is 2.17. The maximum atomic E-state index is 11.8. The average Bonchev–Trinajstić information content (AvgIpc) is 2.33. The van der Waals surface area contributed by atoms with Crippen molar-refractivity contribution in [2.75, 3.05) is 17.1 Å². The van der Waals surface area contributed by atoms with Crippen LogP contribution >= 0.6 is 0 Å². The molecule has 0 radical (unpaired) electrons. The molecule has 0 bridgehead atoms. The first-order valence-corrected chi connectivity index (χ1v) is 8.47. The number of amides is 1. The van der Waals surface area contributed by atoms with Crippen LogP contribution in [0.15, 0.2) is 30.3 Å². The number of benzene rings is 1.